The van der Waals surface area contributed by atoms with Gasteiger partial charge in [0.2, 0.25) is 0 Å². The molecule has 0 aliphatic rings. The monoisotopic (exact) mass is 362 g/mol. The van der Waals surface area contributed by atoms with Crippen LogP contribution in [0.3, 0.4) is 0 Å². The Bertz CT molecular complexity index is 415. The van der Waals surface area contributed by atoms with E-state index in [1.165, 1.54) is 13.0 Å². The number of Topliss-reactive ketones (excluding diaryl/α,β-unsaturated/α-hetero) is 1. The van der Waals surface area contributed by atoms with Crippen LogP contribution >= 0.6 is 34.2 Å². The Morgan fingerprint density at radius 2 is 2.00 bits per heavy atom. The van der Waals surface area contributed by atoms with E-state index in [2.05, 4.69) is 0 Å². The second-order valence-electron chi connectivity index (χ2n) is 3.17. The lowest BCUT2D eigenvalue weighted by Gasteiger charge is -2.10. The van der Waals surface area contributed by atoms with Gasteiger partial charge in [-0.25, -0.2) is 0 Å². The predicted molar refractivity (Wildman–Crippen MR) is 63.8 cm³/mol. The molecule has 0 heterocycles. The van der Waals surface area contributed by atoms with Crippen molar-refractivity contribution in [3.05, 3.63) is 32.9 Å². The van der Waals surface area contributed by atoms with E-state index in [1.807, 2.05) is 0 Å². The van der Waals surface area contributed by atoms with Crippen LogP contribution in [0.4, 0.5) is 13.2 Å². The summed E-state index contributed by atoms with van der Waals surface area (Å²) in [5.74, 6) is -0.381. The number of rotatable bonds is 2. The first-order chi connectivity index (χ1) is 7.23. The topological polar surface area (TPSA) is 17.1 Å². The number of ketones is 1. The van der Waals surface area contributed by atoms with Crippen LogP contribution in [0.15, 0.2) is 18.2 Å². The molecule has 6 heteroatoms. The van der Waals surface area contributed by atoms with Crippen LogP contribution in [0.2, 0.25) is 0 Å². The zero-order valence-electron chi connectivity index (χ0n) is 8.11. The minimum absolute atomic E-state index is 0.00623. The maximum absolute atomic E-state index is 12.4. The molecule has 1 aromatic rings. The van der Waals surface area contributed by atoms with Crippen molar-refractivity contribution in [2.24, 2.45) is 0 Å². The van der Waals surface area contributed by atoms with Crippen molar-refractivity contribution in [3.63, 3.8) is 0 Å². The van der Waals surface area contributed by atoms with Gasteiger partial charge in [0.1, 0.15) is 0 Å². The van der Waals surface area contributed by atoms with E-state index >= 15 is 0 Å². The quantitative estimate of drug-likeness (QED) is 0.439. The summed E-state index contributed by atoms with van der Waals surface area (Å²) < 4.78 is 37.3. The van der Waals surface area contributed by atoms with Crippen LogP contribution < -0.4 is 0 Å². The third kappa shape index (κ3) is 3.10. The molecule has 1 nitrogen and oxygen atoms in total. The van der Waals surface area contributed by atoms with Crippen molar-refractivity contribution >= 4 is 40.0 Å². The molecule has 1 rings (SSSR count). The minimum Gasteiger partial charge on any atom is -0.293 e. The molecule has 0 amide bonds. The number of carbonyl (C=O) groups is 1. The fourth-order valence-electron chi connectivity index (χ4n) is 1.13. The molecule has 16 heavy (non-hydrogen) atoms. The Balaban J connectivity index is 3.15. The van der Waals surface area contributed by atoms with Crippen molar-refractivity contribution in [2.45, 2.75) is 18.5 Å². The Labute approximate surface area is 109 Å². The van der Waals surface area contributed by atoms with Gasteiger partial charge in [-0.1, -0.05) is 6.07 Å². The number of benzene rings is 1. The summed E-state index contributed by atoms with van der Waals surface area (Å²) in [7, 11) is 0. The number of halogens is 5. The van der Waals surface area contributed by atoms with E-state index in [9.17, 15) is 18.0 Å². The first-order valence-electron chi connectivity index (χ1n) is 4.28. The zero-order chi connectivity index (χ0) is 12.5. The SMILES string of the molecule is CC(Cl)C(=O)c1ccc(C(F)(F)F)c(I)c1. The van der Waals surface area contributed by atoms with Gasteiger partial charge in [-0.2, -0.15) is 13.2 Å². The number of alkyl halides is 4. The summed E-state index contributed by atoms with van der Waals surface area (Å²) in [4.78, 5) is 11.4. The second kappa shape index (κ2) is 4.91. The Kier molecular flexibility index (Phi) is 4.23. The van der Waals surface area contributed by atoms with Crippen LogP contribution in [0.25, 0.3) is 0 Å². The van der Waals surface area contributed by atoms with Crippen molar-refractivity contribution in [1.82, 2.24) is 0 Å². The normalized spacial score (nSPS) is 13.6. The molecule has 0 saturated carbocycles. The predicted octanol–water partition coefficient (Wildman–Crippen LogP) is 4.12. The van der Waals surface area contributed by atoms with Gasteiger partial charge in [-0.3, -0.25) is 4.79 Å². The molecule has 0 aromatic heterocycles. The molecule has 0 fully saturated rings. The van der Waals surface area contributed by atoms with Crippen LogP contribution in [-0.4, -0.2) is 11.2 Å². The molecule has 0 N–H and O–H groups in total. The first kappa shape index (κ1) is 13.8. The van der Waals surface area contributed by atoms with E-state index in [0.717, 1.165) is 12.1 Å². The van der Waals surface area contributed by atoms with Crippen LogP contribution in [0.1, 0.15) is 22.8 Å². The van der Waals surface area contributed by atoms with Crippen molar-refractivity contribution in [2.75, 3.05) is 0 Å². The van der Waals surface area contributed by atoms with Gasteiger partial charge in [0.05, 0.1) is 10.9 Å². The summed E-state index contributed by atoms with van der Waals surface area (Å²) in [6.07, 6.45) is -4.40. The summed E-state index contributed by atoms with van der Waals surface area (Å²) in [5, 5.41) is -0.743. The molecule has 0 radical (unpaired) electrons. The van der Waals surface area contributed by atoms with Crippen molar-refractivity contribution in [3.8, 4) is 0 Å². The highest BCUT2D eigenvalue weighted by Crippen LogP contribution is 2.33. The van der Waals surface area contributed by atoms with E-state index in [4.69, 9.17) is 11.6 Å². The lowest BCUT2D eigenvalue weighted by atomic mass is 10.1. The molecular formula is C10H7ClF3IO. The smallest absolute Gasteiger partial charge is 0.293 e. The molecule has 1 unspecified atom stereocenters. The Hall–Kier alpha value is -0.300. The van der Waals surface area contributed by atoms with Crippen molar-refractivity contribution in [1.29, 1.82) is 0 Å². The van der Waals surface area contributed by atoms with E-state index in [1.54, 1.807) is 22.6 Å². The summed E-state index contributed by atoms with van der Waals surface area (Å²) >= 11 is 7.12. The van der Waals surface area contributed by atoms with Gasteiger partial charge < -0.3 is 0 Å². The Morgan fingerprint density at radius 1 is 1.44 bits per heavy atom. The van der Waals surface area contributed by atoms with Gasteiger partial charge in [0.15, 0.2) is 5.78 Å². The number of hydrogen-bond acceptors (Lipinski definition) is 1. The van der Waals surface area contributed by atoms with Crippen LogP contribution in [0.5, 0.6) is 0 Å². The van der Waals surface area contributed by atoms with Gasteiger partial charge in [0, 0.05) is 9.13 Å². The van der Waals surface area contributed by atoms with Gasteiger partial charge in [-0.15, -0.1) is 11.6 Å². The molecule has 0 bridgehead atoms. The summed E-state index contributed by atoms with van der Waals surface area (Å²) in [5.41, 5.74) is -0.549. The maximum atomic E-state index is 12.4. The van der Waals surface area contributed by atoms with Crippen LogP contribution in [-0.2, 0) is 6.18 Å². The minimum atomic E-state index is -4.40. The lowest BCUT2D eigenvalue weighted by Crippen LogP contribution is -2.13. The molecule has 1 aromatic carbocycles. The first-order valence-corrected chi connectivity index (χ1v) is 5.80. The fraction of sp³-hybridized carbons (Fsp3) is 0.300. The highest BCUT2D eigenvalue weighted by atomic mass is 127. The molecule has 0 aliphatic carbocycles. The van der Waals surface area contributed by atoms with Gasteiger partial charge in [-0.05, 0) is 41.6 Å². The summed E-state index contributed by atoms with van der Waals surface area (Å²) in [6, 6.07) is 3.24. The second-order valence-corrected chi connectivity index (χ2v) is 4.99. The maximum Gasteiger partial charge on any atom is 0.417 e. The average Bonchev–Trinajstić information content (AvgIpc) is 2.14. The Morgan fingerprint density at radius 3 is 2.38 bits per heavy atom. The van der Waals surface area contributed by atoms with E-state index in [-0.39, 0.29) is 14.9 Å². The summed E-state index contributed by atoms with van der Waals surface area (Å²) in [6.45, 7) is 1.48. The zero-order valence-corrected chi connectivity index (χ0v) is 11.0. The lowest BCUT2D eigenvalue weighted by molar-refractivity contribution is -0.138. The molecule has 1 atom stereocenters. The highest BCUT2D eigenvalue weighted by Gasteiger charge is 2.33. The number of hydrogen-bond donors (Lipinski definition) is 0. The molecule has 0 saturated heterocycles. The third-order valence-electron chi connectivity index (χ3n) is 1.92. The third-order valence-corrected chi connectivity index (χ3v) is 3.01. The van der Waals surface area contributed by atoms with Crippen molar-refractivity contribution < 1.29 is 18.0 Å². The highest BCUT2D eigenvalue weighted by molar-refractivity contribution is 14.1. The van der Waals surface area contributed by atoms with Gasteiger partial charge >= 0.3 is 6.18 Å². The van der Waals surface area contributed by atoms with E-state index in [0.29, 0.717) is 0 Å². The van der Waals surface area contributed by atoms with Crippen LogP contribution in [0, 0.1) is 3.57 Å². The van der Waals surface area contributed by atoms with E-state index < -0.39 is 17.1 Å². The average molecular weight is 363 g/mol. The fourth-order valence-corrected chi connectivity index (χ4v) is 2.08. The standard InChI is InChI=1S/C10H7ClF3IO/c1-5(11)9(16)6-2-3-7(8(15)4-6)10(12,13)14/h2-5H,1H3. The molecule has 0 aliphatic heterocycles. The molecular weight excluding hydrogens is 355 g/mol. The molecule has 88 valence electrons. The molecule has 0 spiro atoms. The number of carbonyl (C=O) groups excluding carboxylic acids is 1. The largest absolute Gasteiger partial charge is 0.417 e. The van der Waals surface area contributed by atoms with Gasteiger partial charge in [0.25, 0.3) is 0 Å².